The van der Waals surface area contributed by atoms with Gasteiger partial charge in [0.05, 0.1) is 16.9 Å². The summed E-state index contributed by atoms with van der Waals surface area (Å²) in [5.41, 5.74) is -9.60. The van der Waals surface area contributed by atoms with Crippen LogP contribution in [0.5, 0.6) is 0 Å². The van der Waals surface area contributed by atoms with Crippen molar-refractivity contribution in [2.24, 2.45) is 17.3 Å². The zero-order valence-electron chi connectivity index (χ0n) is 22.7. The van der Waals surface area contributed by atoms with Gasteiger partial charge in [0.1, 0.15) is 16.9 Å². The molecule has 0 bridgehead atoms. The Kier molecular flexibility index (Phi) is 8.04. The molecule has 2 N–H and O–H groups in total. The third-order valence-corrected chi connectivity index (χ3v) is 11.2. The van der Waals surface area contributed by atoms with Crippen molar-refractivity contribution in [3.63, 3.8) is 0 Å². The number of sulfone groups is 1. The highest BCUT2D eigenvalue weighted by Crippen LogP contribution is 2.61. The Morgan fingerprint density at radius 3 is 2.12 bits per heavy atom. The molecule has 43 heavy (non-hydrogen) atoms. The number of aliphatic hydroxyl groups excluding tert-OH is 1. The molecule has 4 rings (SSSR count). The molecule has 0 radical (unpaired) electrons. The van der Waals surface area contributed by atoms with Crippen LogP contribution in [-0.4, -0.2) is 50.7 Å². The van der Waals surface area contributed by atoms with E-state index in [1.165, 1.54) is 13.8 Å². The van der Waals surface area contributed by atoms with Gasteiger partial charge in [-0.25, -0.2) is 17.2 Å². The Labute approximate surface area is 241 Å². The summed E-state index contributed by atoms with van der Waals surface area (Å²) in [4.78, 5) is 25.0. The van der Waals surface area contributed by atoms with Gasteiger partial charge in [0.2, 0.25) is 5.91 Å². The summed E-state index contributed by atoms with van der Waals surface area (Å²) in [5.74, 6) is -4.14. The van der Waals surface area contributed by atoms with Crippen LogP contribution in [0.4, 0.5) is 35.1 Å². The number of hydrogen-bond acceptors (Lipinski definition) is 5. The molecule has 236 valence electrons. The number of alkyl halides is 7. The van der Waals surface area contributed by atoms with E-state index in [9.17, 15) is 58.2 Å². The molecule has 15 heteroatoms. The first kappa shape index (κ1) is 32.8. The lowest BCUT2D eigenvalue weighted by atomic mass is 9.71. The molecule has 2 aliphatic carbocycles. The minimum absolute atomic E-state index is 0.201. The molecular formula is C28H27F8NO5S. The standard InChI is InChI=1S/C28H27F8NO5S/c1-24(2,14-39)23(40)37-22-12-17(13-38)25(43(41,42)19-7-5-18(29)6-8-19)20-10-4-16(11-15(20)3-9-21(22)25)26(30,27(31,32)33)28(34,35)36/h4-8,10-11,13,17,21-22,39H,3,9,12,14H2,1-2H3,(H,37,40)/t17?,21-,22+,25-/m0/s1. The number of aryl methyl sites for hydroxylation is 1. The van der Waals surface area contributed by atoms with Gasteiger partial charge in [-0.15, -0.1) is 0 Å². The van der Waals surface area contributed by atoms with E-state index >= 15 is 0 Å². The van der Waals surface area contributed by atoms with E-state index in [0.29, 0.717) is 12.1 Å². The molecule has 1 fully saturated rings. The van der Waals surface area contributed by atoms with Crippen molar-refractivity contribution in [3.05, 3.63) is 65.0 Å². The van der Waals surface area contributed by atoms with Crippen LogP contribution in [0.3, 0.4) is 0 Å². The first-order valence-corrected chi connectivity index (χ1v) is 14.5. The summed E-state index contributed by atoms with van der Waals surface area (Å²) in [6.07, 6.45) is -13.4. The average Bonchev–Trinajstić information content (AvgIpc) is 3.26. The maximum atomic E-state index is 15.0. The minimum atomic E-state index is -6.41. The van der Waals surface area contributed by atoms with Gasteiger partial charge in [-0.1, -0.05) is 18.2 Å². The smallest absolute Gasteiger partial charge is 0.395 e. The quantitative estimate of drug-likeness (QED) is 0.250. The summed E-state index contributed by atoms with van der Waals surface area (Å²) in [7, 11) is -4.80. The summed E-state index contributed by atoms with van der Waals surface area (Å²) in [5, 5.41) is 12.3. The van der Waals surface area contributed by atoms with Gasteiger partial charge in [-0.05, 0) is 68.5 Å². The van der Waals surface area contributed by atoms with E-state index < -0.39 is 84.7 Å². The number of hydrogen-bond donors (Lipinski definition) is 2. The van der Waals surface area contributed by atoms with Crippen LogP contribution in [0.1, 0.15) is 43.4 Å². The maximum absolute atomic E-state index is 15.0. The highest BCUT2D eigenvalue weighted by molar-refractivity contribution is 7.92. The molecule has 0 aromatic heterocycles. The molecule has 0 spiro atoms. The van der Waals surface area contributed by atoms with E-state index in [1.807, 2.05) is 0 Å². The Balaban J connectivity index is 2.00. The SMILES string of the molecule is CC(C)(CO)C(=O)N[C@@H]1CC(C=O)[C@]2(S(=O)(=O)c3ccc(F)cc3)c3ccc(C(F)(C(F)(F)F)C(F)(F)F)cc3CC[C@@H]12. The van der Waals surface area contributed by atoms with Crippen LogP contribution in [0.25, 0.3) is 0 Å². The Bertz CT molecular complexity index is 1510. The zero-order chi connectivity index (χ0) is 32.4. The lowest BCUT2D eigenvalue weighted by Crippen LogP contribution is -2.53. The van der Waals surface area contributed by atoms with Crippen LogP contribution >= 0.6 is 0 Å². The van der Waals surface area contributed by atoms with Crippen LogP contribution in [0, 0.1) is 23.1 Å². The first-order chi connectivity index (χ1) is 19.7. The fourth-order valence-corrected chi connectivity index (χ4v) is 8.90. The number of nitrogens with one attached hydrogen (secondary N) is 1. The topological polar surface area (TPSA) is 101 Å². The molecule has 2 aromatic rings. The predicted octanol–water partition coefficient (Wildman–Crippen LogP) is 5.07. The molecule has 0 saturated heterocycles. The Morgan fingerprint density at radius 2 is 1.60 bits per heavy atom. The Hall–Kier alpha value is -3.07. The number of amides is 1. The lowest BCUT2D eigenvalue weighted by Gasteiger charge is -2.44. The summed E-state index contributed by atoms with van der Waals surface area (Å²) >= 11 is 0. The van der Waals surface area contributed by atoms with Crippen LogP contribution in [0.2, 0.25) is 0 Å². The molecule has 0 aliphatic heterocycles. The van der Waals surface area contributed by atoms with Crippen molar-refractivity contribution in [1.82, 2.24) is 5.32 Å². The van der Waals surface area contributed by atoms with Crippen molar-refractivity contribution in [2.75, 3.05) is 6.61 Å². The van der Waals surface area contributed by atoms with Crippen LogP contribution < -0.4 is 5.32 Å². The lowest BCUT2D eigenvalue weighted by molar-refractivity contribution is -0.348. The predicted molar refractivity (Wildman–Crippen MR) is 135 cm³/mol. The molecule has 2 aromatic carbocycles. The van der Waals surface area contributed by atoms with Crippen molar-refractivity contribution in [1.29, 1.82) is 0 Å². The number of aliphatic hydroxyl groups is 1. The summed E-state index contributed by atoms with van der Waals surface area (Å²) in [6.45, 7) is 2.21. The number of fused-ring (bicyclic) bond motifs is 3. The number of rotatable bonds is 7. The number of benzene rings is 2. The second-order valence-corrected chi connectivity index (χ2v) is 13.7. The van der Waals surface area contributed by atoms with Gasteiger partial charge in [0.15, 0.2) is 9.84 Å². The molecule has 4 atom stereocenters. The third kappa shape index (κ3) is 4.82. The van der Waals surface area contributed by atoms with Gasteiger partial charge in [0, 0.05) is 23.4 Å². The minimum Gasteiger partial charge on any atom is -0.395 e. The van der Waals surface area contributed by atoms with Crippen molar-refractivity contribution in [3.8, 4) is 0 Å². The maximum Gasteiger partial charge on any atom is 0.435 e. The van der Waals surface area contributed by atoms with Crippen molar-refractivity contribution in [2.45, 2.75) is 66.8 Å². The number of carbonyl (C=O) groups excluding carboxylic acids is 2. The van der Waals surface area contributed by atoms with Gasteiger partial charge in [-0.3, -0.25) is 4.79 Å². The highest BCUT2D eigenvalue weighted by atomic mass is 32.2. The molecule has 1 unspecified atom stereocenters. The summed E-state index contributed by atoms with van der Waals surface area (Å²) < 4.78 is 137. The average molecular weight is 642 g/mol. The van der Waals surface area contributed by atoms with Gasteiger partial charge in [-0.2, -0.15) is 26.3 Å². The molecular weight excluding hydrogens is 614 g/mol. The number of carbonyl (C=O) groups is 2. The highest BCUT2D eigenvalue weighted by Gasteiger charge is 2.74. The van der Waals surface area contributed by atoms with E-state index in [-0.39, 0.29) is 42.7 Å². The van der Waals surface area contributed by atoms with Crippen molar-refractivity contribution >= 4 is 22.0 Å². The second-order valence-electron chi connectivity index (χ2n) is 11.5. The van der Waals surface area contributed by atoms with E-state index in [1.54, 1.807) is 0 Å². The zero-order valence-corrected chi connectivity index (χ0v) is 23.5. The third-order valence-electron chi connectivity index (χ3n) is 8.58. The molecule has 6 nitrogen and oxygen atoms in total. The van der Waals surface area contributed by atoms with E-state index in [2.05, 4.69) is 5.32 Å². The van der Waals surface area contributed by atoms with Crippen LogP contribution in [0.15, 0.2) is 47.4 Å². The van der Waals surface area contributed by atoms with Crippen LogP contribution in [-0.2, 0) is 36.3 Å². The normalized spacial score (nSPS) is 24.7. The fraction of sp³-hybridized carbons (Fsp3) is 0.500. The van der Waals surface area contributed by atoms with Gasteiger partial charge < -0.3 is 15.2 Å². The second kappa shape index (κ2) is 10.5. The molecule has 2 aliphatic rings. The van der Waals surface area contributed by atoms with Gasteiger partial charge in [0.25, 0.3) is 0 Å². The fourth-order valence-electron chi connectivity index (χ4n) is 6.30. The molecule has 1 saturated carbocycles. The van der Waals surface area contributed by atoms with Gasteiger partial charge >= 0.3 is 18.0 Å². The number of aldehydes is 1. The first-order valence-electron chi connectivity index (χ1n) is 13.0. The molecule has 1 amide bonds. The summed E-state index contributed by atoms with van der Waals surface area (Å²) in [6, 6.07) is 3.59. The van der Waals surface area contributed by atoms with E-state index in [4.69, 9.17) is 0 Å². The van der Waals surface area contributed by atoms with Crippen molar-refractivity contribution < 1.29 is 58.2 Å². The monoisotopic (exact) mass is 641 g/mol. The largest absolute Gasteiger partial charge is 0.435 e. The molecule has 0 heterocycles. The van der Waals surface area contributed by atoms with E-state index in [0.717, 1.165) is 24.3 Å². The number of halogens is 8. The Morgan fingerprint density at radius 1 is 1.02 bits per heavy atom.